The summed E-state index contributed by atoms with van der Waals surface area (Å²) in [4.78, 5) is 0. The number of hydrogen-bond donors (Lipinski definition) is 1. The summed E-state index contributed by atoms with van der Waals surface area (Å²) in [6, 6.07) is 0.542. The van der Waals surface area contributed by atoms with Crippen molar-refractivity contribution in [3.63, 3.8) is 0 Å². The van der Waals surface area contributed by atoms with Crippen LogP contribution in [-0.2, 0) is 4.74 Å². The van der Waals surface area contributed by atoms with Crippen molar-refractivity contribution in [2.45, 2.75) is 44.2 Å². The maximum Gasteiger partial charge on any atom is 0.0590 e. The number of hydrogen-bond acceptors (Lipinski definition) is 2. The molecule has 1 saturated heterocycles. The van der Waals surface area contributed by atoms with Gasteiger partial charge in [-0.2, -0.15) is 0 Å². The van der Waals surface area contributed by atoms with Crippen LogP contribution in [0.25, 0.3) is 0 Å². The van der Waals surface area contributed by atoms with Crippen LogP contribution in [0.3, 0.4) is 0 Å². The van der Waals surface area contributed by atoms with Gasteiger partial charge in [0.2, 0.25) is 0 Å². The molecule has 0 radical (unpaired) electrons. The van der Waals surface area contributed by atoms with Crippen LogP contribution in [0.5, 0.6) is 0 Å². The lowest BCUT2D eigenvalue weighted by atomic mass is 10.00. The number of nitrogens with one attached hydrogen (secondary N) is 1. The Balaban J connectivity index is 2.22. The smallest absolute Gasteiger partial charge is 0.0590 e. The number of rotatable bonds is 5. The normalized spacial score (nSPS) is 25.5. The fourth-order valence-corrected chi connectivity index (χ4v) is 1.84. The van der Waals surface area contributed by atoms with Crippen molar-refractivity contribution in [3.8, 4) is 0 Å². The van der Waals surface area contributed by atoms with Crippen molar-refractivity contribution in [1.82, 2.24) is 5.32 Å². The van der Waals surface area contributed by atoms with Crippen LogP contribution in [0.2, 0.25) is 0 Å². The summed E-state index contributed by atoms with van der Waals surface area (Å²) in [5, 5.41) is 3.30. The molecule has 2 heteroatoms. The second-order valence-electron chi connectivity index (χ2n) is 3.73. The van der Waals surface area contributed by atoms with Gasteiger partial charge in [-0.05, 0) is 39.2 Å². The van der Waals surface area contributed by atoms with Crippen LogP contribution in [0.4, 0.5) is 0 Å². The lowest BCUT2D eigenvalue weighted by molar-refractivity contribution is 0.00584. The predicted molar refractivity (Wildman–Crippen MR) is 55.9 cm³/mol. The zero-order valence-corrected chi connectivity index (χ0v) is 8.59. The Bertz CT molecular complexity index is 141. The molecular formula is C11H21NO. The summed E-state index contributed by atoms with van der Waals surface area (Å²) < 4.78 is 5.68. The Hall–Kier alpha value is -0.340. The molecule has 2 unspecified atom stereocenters. The molecule has 1 rings (SSSR count). The van der Waals surface area contributed by atoms with Gasteiger partial charge in [0.1, 0.15) is 0 Å². The Morgan fingerprint density at radius 1 is 1.62 bits per heavy atom. The van der Waals surface area contributed by atoms with Gasteiger partial charge < -0.3 is 10.1 Å². The molecule has 0 saturated carbocycles. The molecule has 1 aliphatic rings. The van der Waals surface area contributed by atoms with Crippen LogP contribution in [0, 0.1) is 0 Å². The third kappa shape index (κ3) is 3.92. The van der Waals surface area contributed by atoms with Gasteiger partial charge in [0.15, 0.2) is 0 Å². The first-order valence-electron chi connectivity index (χ1n) is 5.26. The lowest BCUT2D eigenvalue weighted by Gasteiger charge is -2.26. The van der Waals surface area contributed by atoms with Crippen LogP contribution in [0.1, 0.15) is 32.1 Å². The minimum Gasteiger partial charge on any atom is -0.378 e. The van der Waals surface area contributed by atoms with E-state index in [1.165, 1.54) is 19.3 Å². The quantitative estimate of drug-likeness (QED) is 0.659. The zero-order chi connectivity index (χ0) is 9.52. The van der Waals surface area contributed by atoms with Gasteiger partial charge in [-0.15, -0.1) is 6.58 Å². The van der Waals surface area contributed by atoms with Crippen LogP contribution >= 0.6 is 0 Å². The van der Waals surface area contributed by atoms with E-state index in [0.717, 1.165) is 19.4 Å². The highest BCUT2D eigenvalue weighted by atomic mass is 16.5. The average Bonchev–Trinajstić information content (AvgIpc) is 2.19. The molecular weight excluding hydrogens is 162 g/mol. The van der Waals surface area contributed by atoms with E-state index in [2.05, 4.69) is 11.9 Å². The topological polar surface area (TPSA) is 21.3 Å². The lowest BCUT2D eigenvalue weighted by Crippen LogP contribution is -2.32. The Kier molecular flexibility index (Phi) is 5.09. The van der Waals surface area contributed by atoms with E-state index in [9.17, 15) is 0 Å². The highest BCUT2D eigenvalue weighted by Crippen LogP contribution is 2.17. The Morgan fingerprint density at radius 3 is 3.00 bits per heavy atom. The van der Waals surface area contributed by atoms with Crippen molar-refractivity contribution in [2.24, 2.45) is 0 Å². The summed E-state index contributed by atoms with van der Waals surface area (Å²) in [5.74, 6) is 0. The fourth-order valence-electron chi connectivity index (χ4n) is 1.84. The third-order valence-corrected chi connectivity index (χ3v) is 2.68. The standard InChI is InChI=1S/C11H21NO/c1-3-6-10(12-2)9-11-7-4-5-8-13-11/h3,10-12H,1,4-9H2,2H3. The summed E-state index contributed by atoms with van der Waals surface area (Å²) >= 11 is 0. The molecule has 1 aliphatic heterocycles. The first kappa shape index (κ1) is 10.7. The third-order valence-electron chi connectivity index (χ3n) is 2.68. The number of ether oxygens (including phenoxy) is 1. The van der Waals surface area contributed by atoms with Crippen molar-refractivity contribution < 1.29 is 4.74 Å². The maximum absolute atomic E-state index is 5.68. The van der Waals surface area contributed by atoms with E-state index in [0.29, 0.717) is 12.1 Å². The van der Waals surface area contributed by atoms with Gasteiger partial charge in [-0.25, -0.2) is 0 Å². The van der Waals surface area contributed by atoms with Gasteiger partial charge >= 0.3 is 0 Å². The van der Waals surface area contributed by atoms with Gasteiger partial charge in [0.25, 0.3) is 0 Å². The van der Waals surface area contributed by atoms with Gasteiger partial charge in [-0.3, -0.25) is 0 Å². The molecule has 2 nitrogen and oxygen atoms in total. The van der Waals surface area contributed by atoms with Gasteiger partial charge in [0.05, 0.1) is 6.10 Å². The minimum atomic E-state index is 0.478. The highest BCUT2D eigenvalue weighted by molar-refractivity contribution is 4.80. The van der Waals surface area contributed by atoms with E-state index in [1.807, 2.05) is 13.1 Å². The average molecular weight is 183 g/mol. The van der Waals surface area contributed by atoms with Crippen molar-refractivity contribution in [3.05, 3.63) is 12.7 Å². The molecule has 1 N–H and O–H groups in total. The molecule has 1 fully saturated rings. The Morgan fingerprint density at radius 2 is 2.46 bits per heavy atom. The molecule has 0 aliphatic carbocycles. The second kappa shape index (κ2) is 6.17. The molecule has 0 amide bonds. The van der Waals surface area contributed by atoms with E-state index in [1.54, 1.807) is 0 Å². The van der Waals surface area contributed by atoms with Crippen LogP contribution in [-0.4, -0.2) is 25.8 Å². The first-order valence-corrected chi connectivity index (χ1v) is 5.26. The Labute approximate surface area is 81.4 Å². The van der Waals surface area contributed by atoms with Crippen molar-refractivity contribution in [1.29, 1.82) is 0 Å². The summed E-state index contributed by atoms with van der Waals surface area (Å²) in [5.41, 5.74) is 0. The molecule has 0 aromatic heterocycles. The first-order chi connectivity index (χ1) is 6.36. The van der Waals surface area contributed by atoms with E-state index in [-0.39, 0.29) is 0 Å². The molecule has 0 aromatic carbocycles. The van der Waals surface area contributed by atoms with Crippen molar-refractivity contribution in [2.75, 3.05) is 13.7 Å². The van der Waals surface area contributed by atoms with Crippen LogP contribution in [0.15, 0.2) is 12.7 Å². The molecule has 0 aromatic rings. The molecule has 2 atom stereocenters. The molecule has 0 bridgehead atoms. The largest absolute Gasteiger partial charge is 0.378 e. The molecule has 76 valence electrons. The van der Waals surface area contributed by atoms with Gasteiger partial charge in [0, 0.05) is 12.6 Å². The molecule has 1 heterocycles. The summed E-state index contributed by atoms with van der Waals surface area (Å²) in [6.45, 7) is 4.71. The monoisotopic (exact) mass is 183 g/mol. The molecule has 0 spiro atoms. The summed E-state index contributed by atoms with van der Waals surface area (Å²) in [7, 11) is 2.01. The second-order valence-corrected chi connectivity index (χ2v) is 3.73. The van der Waals surface area contributed by atoms with Crippen molar-refractivity contribution >= 4 is 0 Å². The van der Waals surface area contributed by atoms with E-state index in [4.69, 9.17) is 4.74 Å². The van der Waals surface area contributed by atoms with E-state index < -0.39 is 0 Å². The SMILES string of the molecule is C=CCC(CC1CCCCO1)NC. The fraction of sp³-hybridized carbons (Fsp3) is 0.818. The summed E-state index contributed by atoms with van der Waals surface area (Å²) in [6.07, 6.45) is 8.42. The molecule has 13 heavy (non-hydrogen) atoms. The zero-order valence-electron chi connectivity index (χ0n) is 8.59. The maximum atomic E-state index is 5.68. The van der Waals surface area contributed by atoms with Crippen LogP contribution < -0.4 is 5.32 Å². The van der Waals surface area contributed by atoms with Gasteiger partial charge in [-0.1, -0.05) is 6.08 Å². The minimum absolute atomic E-state index is 0.478. The van der Waals surface area contributed by atoms with E-state index >= 15 is 0 Å². The highest BCUT2D eigenvalue weighted by Gasteiger charge is 2.17. The predicted octanol–water partition coefficient (Wildman–Crippen LogP) is 2.11.